The molecule has 3 aromatic carbocycles. The molecule has 2 N–H and O–H groups in total. The molecule has 0 radical (unpaired) electrons. The topological polar surface area (TPSA) is 81.1 Å². The summed E-state index contributed by atoms with van der Waals surface area (Å²) < 4.78 is 20.4. The smallest absolute Gasteiger partial charge is 0.234 e. The molecule has 1 amide bonds. The van der Waals surface area contributed by atoms with E-state index in [1.165, 1.54) is 23.9 Å². The third-order valence-electron chi connectivity index (χ3n) is 5.33. The van der Waals surface area contributed by atoms with Crippen molar-refractivity contribution in [2.45, 2.75) is 25.5 Å². The van der Waals surface area contributed by atoms with Crippen LogP contribution in [0.2, 0.25) is 0 Å². The van der Waals surface area contributed by atoms with Crippen molar-refractivity contribution in [1.29, 1.82) is 0 Å². The number of amides is 1. The number of rotatable bonds is 9. The Morgan fingerprint density at radius 3 is 2.49 bits per heavy atom. The molecule has 1 aromatic heterocycles. The van der Waals surface area contributed by atoms with Crippen LogP contribution in [0, 0.1) is 19.7 Å². The Hall–Kier alpha value is -3.85. The molecule has 35 heavy (non-hydrogen) atoms. The number of halogens is 1. The second-order valence-corrected chi connectivity index (χ2v) is 8.89. The van der Waals surface area contributed by atoms with Crippen molar-refractivity contribution in [2.75, 3.05) is 23.5 Å². The van der Waals surface area contributed by atoms with Crippen LogP contribution >= 0.6 is 11.8 Å². The first kappa shape index (κ1) is 24.3. The first-order chi connectivity index (χ1) is 16.9. The Kier molecular flexibility index (Phi) is 7.67. The molecule has 0 atom stereocenters. The number of carbonyl (C=O) groups is 1. The van der Waals surface area contributed by atoms with Crippen molar-refractivity contribution in [3.63, 3.8) is 0 Å². The van der Waals surface area contributed by atoms with E-state index in [2.05, 4.69) is 20.8 Å². The van der Waals surface area contributed by atoms with E-state index in [9.17, 15) is 9.18 Å². The molecule has 0 saturated carbocycles. The molecule has 0 fully saturated rings. The van der Waals surface area contributed by atoms with Gasteiger partial charge in [-0.1, -0.05) is 23.9 Å². The zero-order valence-electron chi connectivity index (χ0n) is 19.7. The number of ether oxygens (including phenoxy) is 1. The van der Waals surface area contributed by atoms with Crippen LogP contribution in [0.4, 0.5) is 15.8 Å². The van der Waals surface area contributed by atoms with Crippen molar-refractivity contribution in [1.82, 2.24) is 14.8 Å². The molecule has 0 aliphatic carbocycles. The zero-order chi connectivity index (χ0) is 24.8. The van der Waals surface area contributed by atoms with Crippen molar-refractivity contribution in [3.8, 4) is 11.4 Å². The zero-order valence-corrected chi connectivity index (χ0v) is 20.5. The molecule has 0 unspecified atom stereocenters. The first-order valence-electron chi connectivity index (χ1n) is 11.0. The van der Waals surface area contributed by atoms with Gasteiger partial charge in [-0.25, -0.2) is 4.39 Å². The van der Waals surface area contributed by atoms with Gasteiger partial charge in [-0.3, -0.25) is 9.36 Å². The Balaban J connectivity index is 1.52. The van der Waals surface area contributed by atoms with Crippen LogP contribution in [-0.2, 0) is 11.3 Å². The van der Waals surface area contributed by atoms with Crippen molar-refractivity contribution in [3.05, 3.63) is 89.5 Å². The molecule has 9 heteroatoms. The SMILES string of the molecule is COc1ccc(-n2c(CNc3ccc(F)cc3)nnc2SCC(=O)Nc2cc(C)ccc2C)cc1. The summed E-state index contributed by atoms with van der Waals surface area (Å²) in [5.74, 6) is 1.13. The van der Waals surface area contributed by atoms with Gasteiger partial charge < -0.3 is 15.4 Å². The third kappa shape index (κ3) is 6.19. The summed E-state index contributed by atoms with van der Waals surface area (Å²) in [7, 11) is 1.61. The number of hydrogen-bond acceptors (Lipinski definition) is 6. The molecule has 180 valence electrons. The lowest BCUT2D eigenvalue weighted by molar-refractivity contribution is -0.113. The third-order valence-corrected chi connectivity index (χ3v) is 6.25. The maximum absolute atomic E-state index is 13.2. The highest BCUT2D eigenvalue weighted by Crippen LogP contribution is 2.25. The second-order valence-electron chi connectivity index (χ2n) is 7.95. The second kappa shape index (κ2) is 11.1. The van der Waals surface area contributed by atoms with Crippen LogP contribution in [0.15, 0.2) is 71.9 Å². The van der Waals surface area contributed by atoms with E-state index < -0.39 is 0 Å². The maximum Gasteiger partial charge on any atom is 0.234 e. The number of aromatic nitrogens is 3. The van der Waals surface area contributed by atoms with E-state index >= 15 is 0 Å². The highest BCUT2D eigenvalue weighted by Gasteiger charge is 2.16. The van der Waals surface area contributed by atoms with Gasteiger partial charge >= 0.3 is 0 Å². The fraction of sp³-hybridized carbons (Fsp3) is 0.192. The Bertz CT molecular complexity index is 1310. The maximum atomic E-state index is 13.2. The van der Waals surface area contributed by atoms with Gasteiger partial charge in [0.2, 0.25) is 5.91 Å². The van der Waals surface area contributed by atoms with Gasteiger partial charge in [-0.2, -0.15) is 0 Å². The molecule has 0 aliphatic heterocycles. The number of nitrogens with one attached hydrogen (secondary N) is 2. The average molecular weight is 492 g/mol. The van der Waals surface area contributed by atoms with Gasteiger partial charge in [-0.05, 0) is 79.6 Å². The van der Waals surface area contributed by atoms with Gasteiger partial charge in [0.1, 0.15) is 11.6 Å². The fourth-order valence-corrected chi connectivity index (χ4v) is 4.21. The molecule has 7 nitrogen and oxygen atoms in total. The number of nitrogens with zero attached hydrogens (tertiary/aromatic N) is 3. The molecule has 1 heterocycles. The molecule has 4 rings (SSSR count). The summed E-state index contributed by atoms with van der Waals surface area (Å²) >= 11 is 1.30. The number of methoxy groups -OCH3 is 1. The van der Waals surface area contributed by atoms with E-state index in [0.29, 0.717) is 17.5 Å². The number of aryl methyl sites for hydroxylation is 2. The normalized spacial score (nSPS) is 10.7. The van der Waals surface area contributed by atoms with Crippen LogP contribution in [0.3, 0.4) is 0 Å². The number of hydrogen-bond donors (Lipinski definition) is 2. The average Bonchev–Trinajstić information content (AvgIpc) is 3.27. The minimum atomic E-state index is -0.297. The van der Waals surface area contributed by atoms with Crippen molar-refractivity contribution in [2.24, 2.45) is 0 Å². The van der Waals surface area contributed by atoms with Gasteiger partial charge in [0.05, 0.1) is 19.4 Å². The number of anilines is 2. The van der Waals surface area contributed by atoms with E-state index in [1.807, 2.05) is 60.9 Å². The monoisotopic (exact) mass is 491 g/mol. The summed E-state index contributed by atoms with van der Waals surface area (Å²) in [6.07, 6.45) is 0. The van der Waals surface area contributed by atoms with Gasteiger partial charge in [0.15, 0.2) is 11.0 Å². The lowest BCUT2D eigenvalue weighted by Gasteiger charge is -2.12. The van der Waals surface area contributed by atoms with E-state index in [0.717, 1.165) is 33.9 Å². The minimum absolute atomic E-state index is 0.126. The molecular weight excluding hydrogens is 465 g/mol. The largest absolute Gasteiger partial charge is 0.497 e. The van der Waals surface area contributed by atoms with Crippen molar-refractivity contribution >= 4 is 29.0 Å². The predicted octanol–water partition coefficient (Wildman–Crippen LogP) is 5.37. The molecule has 0 spiro atoms. The van der Waals surface area contributed by atoms with E-state index in [1.54, 1.807) is 19.2 Å². The molecular formula is C26H26FN5O2S. The first-order valence-corrected chi connectivity index (χ1v) is 12.0. The van der Waals surface area contributed by atoms with Crippen LogP contribution in [0.5, 0.6) is 5.75 Å². The summed E-state index contributed by atoms with van der Waals surface area (Å²) in [6.45, 7) is 4.31. The molecule has 0 saturated heterocycles. The quantitative estimate of drug-likeness (QED) is 0.306. The summed E-state index contributed by atoms with van der Waals surface area (Å²) in [5, 5.41) is 15.5. The summed E-state index contributed by atoms with van der Waals surface area (Å²) in [6, 6.07) is 19.6. The highest BCUT2D eigenvalue weighted by molar-refractivity contribution is 7.99. The van der Waals surface area contributed by atoms with Gasteiger partial charge in [-0.15, -0.1) is 10.2 Å². The summed E-state index contributed by atoms with van der Waals surface area (Å²) in [5.41, 5.74) is 4.49. The number of thioether (sulfide) groups is 1. The fourth-order valence-electron chi connectivity index (χ4n) is 3.43. The molecule has 0 aliphatic rings. The molecule has 0 bridgehead atoms. The van der Waals surface area contributed by atoms with E-state index in [-0.39, 0.29) is 17.5 Å². The highest BCUT2D eigenvalue weighted by atomic mass is 32.2. The summed E-state index contributed by atoms with van der Waals surface area (Å²) in [4.78, 5) is 12.7. The van der Waals surface area contributed by atoms with E-state index in [4.69, 9.17) is 4.74 Å². The Morgan fingerprint density at radius 1 is 1.03 bits per heavy atom. The Labute approximate surface area is 207 Å². The standard InChI is InChI=1S/C26H26FN5O2S/c1-17-4-5-18(2)23(14-17)29-25(33)16-35-26-31-30-24(15-28-20-8-6-19(27)7-9-20)32(26)21-10-12-22(34-3)13-11-21/h4-14,28H,15-16H2,1-3H3,(H,29,33). The minimum Gasteiger partial charge on any atom is -0.497 e. The van der Waals surface area contributed by atoms with Crippen LogP contribution in [-0.4, -0.2) is 33.5 Å². The van der Waals surface area contributed by atoms with Gasteiger partial charge in [0, 0.05) is 17.1 Å². The van der Waals surface area contributed by atoms with Crippen LogP contribution in [0.1, 0.15) is 17.0 Å². The predicted molar refractivity (Wildman–Crippen MR) is 137 cm³/mol. The van der Waals surface area contributed by atoms with Gasteiger partial charge in [0.25, 0.3) is 0 Å². The Morgan fingerprint density at radius 2 is 1.77 bits per heavy atom. The molecule has 4 aromatic rings. The van der Waals surface area contributed by atoms with Crippen LogP contribution in [0.25, 0.3) is 5.69 Å². The number of carbonyl (C=O) groups excluding carboxylic acids is 1. The van der Waals surface area contributed by atoms with Crippen molar-refractivity contribution < 1.29 is 13.9 Å². The number of benzene rings is 3. The van der Waals surface area contributed by atoms with Crippen LogP contribution < -0.4 is 15.4 Å². The lowest BCUT2D eigenvalue weighted by Crippen LogP contribution is -2.15. The lowest BCUT2D eigenvalue weighted by atomic mass is 10.1.